The largest absolute Gasteiger partial charge is 0.508 e. The summed E-state index contributed by atoms with van der Waals surface area (Å²) in [7, 11) is 0. The van der Waals surface area contributed by atoms with Crippen LogP contribution in [0.3, 0.4) is 0 Å². The molecule has 0 bridgehead atoms. The number of hydrogen-bond acceptors (Lipinski definition) is 3. The van der Waals surface area contributed by atoms with Gasteiger partial charge < -0.3 is 5.11 Å². The maximum absolute atomic E-state index is 10.8. The van der Waals surface area contributed by atoms with Gasteiger partial charge in [-0.1, -0.05) is 6.07 Å². The molecule has 1 heterocycles. The van der Waals surface area contributed by atoms with Gasteiger partial charge in [-0.05, 0) is 29.8 Å². The van der Waals surface area contributed by atoms with E-state index in [2.05, 4.69) is 4.98 Å². The van der Waals surface area contributed by atoms with Gasteiger partial charge in [-0.2, -0.15) is 0 Å². The minimum absolute atomic E-state index is 0.115. The minimum atomic E-state index is -0.602. The van der Waals surface area contributed by atoms with Gasteiger partial charge in [0.1, 0.15) is 11.4 Å². The number of phenolic OH excluding ortho intramolecular Hbond substituents is 1. The summed E-state index contributed by atoms with van der Waals surface area (Å²) in [5.74, 6) is 0.115. The third kappa shape index (κ3) is 1.54. The molecule has 2 aromatic rings. The number of aromatic nitrogens is 1. The van der Waals surface area contributed by atoms with Gasteiger partial charge in [0.05, 0.1) is 5.52 Å². The number of halogens is 1. The molecule has 14 heavy (non-hydrogen) atoms. The Balaban J connectivity index is 2.69. The first-order valence-corrected chi connectivity index (χ1v) is 4.34. The fraction of sp³-hybridized carbons (Fsp3) is 0. The third-order valence-corrected chi connectivity index (χ3v) is 2.07. The number of fused-ring (bicyclic) bond motifs is 1. The van der Waals surface area contributed by atoms with Crippen molar-refractivity contribution in [2.24, 2.45) is 0 Å². The van der Waals surface area contributed by atoms with Gasteiger partial charge >= 0.3 is 0 Å². The summed E-state index contributed by atoms with van der Waals surface area (Å²) in [6.45, 7) is 0. The normalized spacial score (nSPS) is 10.4. The van der Waals surface area contributed by atoms with Crippen molar-refractivity contribution in [2.75, 3.05) is 0 Å². The van der Waals surface area contributed by atoms with Crippen LogP contribution in [0, 0.1) is 0 Å². The average molecular weight is 208 g/mol. The number of nitrogens with zero attached hydrogens (tertiary/aromatic N) is 1. The highest BCUT2D eigenvalue weighted by atomic mass is 35.5. The van der Waals surface area contributed by atoms with Crippen LogP contribution >= 0.6 is 11.6 Å². The zero-order chi connectivity index (χ0) is 10.1. The van der Waals surface area contributed by atoms with Gasteiger partial charge in [-0.3, -0.25) is 4.79 Å². The second kappa shape index (κ2) is 3.27. The van der Waals surface area contributed by atoms with Gasteiger partial charge in [-0.25, -0.2) is 4.98 Å². The van der Waals surface area contributed by atoms with Crippen molar-refractivity contribution >= 4 is 27.7 Å². The fourth-order valence-corrected chi connectivity index (χ4v) is 1.32. The van der Waals surface area contributed by atoms with E-state index in [0.717, 1.165) is 5.39 Å². The van der Waals surface area contributed by atoms with Crippen LogP contribution in [0.5, 0.6) is 5.75 Å². The molecule has 0 radical (unpaired) electrons. The maximum atomic E-state index is 10.8. The number of rotatable bonds is 1. The molecule has 1 aromatic heterocycles. The molecule has 0 aliphatic carbocycles. The van der Waals surface area contributed by atoms with Crippen molar-refractivity contribution < 1.29 is 9.90 Å². The molecule has 0 unspecified atom stereocenters. The van der Waals surface area contributed by atoms with Gasteiger partial charge in [-0.15, -0.1) is 0 Å². The van der Waals surface area contributed by atoms with Crippen LogP contribution in [0.1, 0.15) is 10.5 Å². The Morgan fingerprint density at radius 2 is 2.00 bits per heavy atom. The van der Waals surface area contributed by atoms with E-state index in [1.165, 1.54) is 6.07 Å². The maximum Gasteiger partial charge on any atom is 0.270 e. The van der Waals surface area contributed by atoms with E-state index in [9.17, 15) is 9.90 Å². The summed E-state index contributed by atoms with van der Waals surface area (Å²) in [6, 6.07) is 8.05. The zero-order valence-electron chi connectivity index (χ0n) is 7.07. The summed E-state index contributed by atoms with van der Waals surface area (Å²) in [6.07, 6.45) is 0. The van der Waals surface area contributed by atoms with Crippen molar-refractivity contribution in [2.45, 2.75) is 0 Å². The lowest BCUT2D eigenvalue weighted by atomic mass is 10.2. The first-order valence-electron chi connectivity index (χ1n) is 3.96. The topological polar surface area (TPSA) is 50.2 Å². The van der Waals surface area contributed by atoms with Gasteiger partial charge in [0.25, 0.3) is 5.24 Å². The van der Waals surface area contributed by atoms with Crippen LogP contribution in [0.15, 0.2) is 30.3 Å². The van der Waals surface area contributed by atoms with Crippen molar-refractivity contribution in [3.63, 3.8) is 0 Å². The first-order chi connectivity index (χ1) is 6.66. The lowest BCUT2D eigenvalue weighted by molar-refractivity contribution is 0.107. The van der Waals surface area contributed by atoms with Gasteiger partial charge in [0.15, 0.2) is 0 Å². The Bertz CT molecular complexity index is 510. The molecule has 0 aliphatic rings. The Morgan fingerprint density at radius 3 is 2.71 bits per heavy atom. The Labute approximate surface area is 85.0 Å². The lowest BCUT2D eigenvalue weighted by Gasteiger charge is -1.99. The van der Waals surface area contributed by atoms with E-state index in [0.29, 0.717) is 5.52 Å². The Kier molecular flexibility index (Phi) is 2.09. The molecule has 4 heteroatoms. The Morgan fingerprint density at radius 1 is 1.29 bits per heavy atom. The van der Waals surface area contributed by atoms with E-state index < -0.39 is 5.24 Å². The molecular formula is C10H6ClNO2. The molecule has 0 aliphatic heterocycles. The highest BCUT2D eigenvalue weighted by molar-refractivity contribution is 6.67. The van der Waals surface area contributed by atoms with Crippen LogP contribution in [-0.2, 0) is 0 Å². The quantitative estimate of drug-likeness (QED) is 0.731. The summed E-state index contributed by atoms with van der Waals surface area (Å²) < 4.78 is 0. The molecule has 1 N–H and O–H groups in total. The van der Waals surface area contributed by atoms with Crippen molar-refractivity contribution in [3.05, 3.63) is 36.0 Å². The zero-order valence-corrected chi connectivity index (χ0v) is 7.82. The van der Waals surface area contributed by atoms with Crippen LogP contribution < -0.4 is 0 Å². The summed E-state index contributed by atoms with van der Waals surface area (Å²) >= 11 is 5.28. The molecule has 0 atom stereocenters. The molecular weight excluding hydrogens is 202 g/mol. The number of pyridine rings is 1. The molecule has 0 saturated heterocycles. The van der Waals surface area contributed by atoms with Gasteiger partial charge in [0, 0.05) is 11.5 Å². The molecule has 0 fully saturated rings. The van der Waals surface area contributed by atoms with E-state index >= 15 is 0 Å². The number of aromatic hydroxyl groups is 1. The van der Waals surface area contributed by atoms with Crippen LogP contribution in [0.4, 0.5) is 0 Å². The number of carbonyl (C=O) groups is 1. The summed E-state index contributed by atoms with van der Waals surface area (Å²) in [5, 5.41) is 9.45. The third-order valence-electron chi connectivity index (χ3n) is 1.88. The van der Waals surface area contributed by atoms with E-state index in [1.807, 2.05) is 0 Å². The molecule has 1 aromatic carbocycles. The number of phenols is 1. The second-order valence-corrected chi connectivity index (χ2v) is 3.19. The highest BCUT2D eigenvalue weighted by Gasteiger charge is 2.04. The monoisotopic (exact) mass is 207 g/mol. The predicted molar refractivity (Wildman–Crippen MR) is 53.6 cm³/mol. The van der Waals surface area contributed by atoms with Gasteiger partial charge in [0.2, 0.25) is 0 Å². The Hall–Kier alpha value is -1.61. The first kappa shape index (κ1) is 8.97. The molecule has 70 valence electrons. The van der Waals surface area contributed by atoms with Crippen LogP contribution in [-0.4, -0.2) is 15.3 Å². The standard InChI is InChI=1S/C10H6ClNO2/c11-10(14)8-4-2-6-1-3-7(13)5-9(6)12-8/h1-5,13H. The SMILES string of the molecule is O=C(Cl)c1ccc2ccc(O)cc2n1. The number of benzene rings is 1. The van der Waals surface area contributed by atoms with E-state index in [1.54, 1.807) is 24.3 Å². The lowest BCUT2D eigenvalue weighted by Crippen LogP contribution is -1.93. The van der Waals surface area contributed by atoms with Crippen molar-refractivity contribution in [3.8, 4) is 5.75 Å². The second-order valence-electron chi connectivity index (χ2n) is 2.85. The highest BCUT2D eigenvalue weighted by Crippen LogP contribution is 2.18. The van der Waals surface area contributed by atoms with Crippen LogP contribution in [0.25, 0.3) is 10.9 Å². The fourth-order valence-electron chi connectivity index (χ4n) is 1.22. The van der Waals surface area contributed by atoms with Crippen molar-refractivity contribution in [1.82, 2.24) is 4.98 Å². The number of hydrogen-bond donors (Lipinski definition) is 1. The van der Waals surface area contributed by atoms with Crippen LogP contribution in [0.2, 0.25) is 0 Å². The molecule has 0 saturated carbocycles. The minimum Gasteiger partial charge on any atom is -0.508 e. The van der Waals surface area contributed by atoms with E-state index in [-0.39, 0.29) is 11.4 Å². The molecule has 0 spiro atoms. The molecule has 3 nitrogen and oxygen atoms in total. The number of carbonyl (C=O) groups excluding carboxylic acids is 1. The molecule has 2 rings (SSSR count). The predicted octanol–water partition coefficient (Wildman–Crippen LogP) is 2.32. The summed E-state index contributed by atoms with van der Waals surface area (Å²) in [4.78, 5) is 14.8. The smallest absolute Gasteiger partial charge is 0.270 e. The van der Waals surface area contributed by atoms with E-state index in [4.69, 9.17) is 11.6 Å². The van der Waals surface area contributed by atoms with Crippen molar-refractivity contribution in [1.29, 1.82) is 0 Å². The average Bonchev–Trinajstić information content (AvgIpc) is 2.16. The molecule has 0 amide bonds. The summed E-state index contributed by atoms with van der Waals surface area (Å²) in [5.41, 5.74) is 0.737.